The van der Waals surface area contributed by atoms with Crippen molar-refractivity contribution in [2.45, 2.75) is 56.9 Å². The van der Waals surface area contributed by atoms with Crippen LogP contribution in [0, 0.1) is 0 Å². The second kappa shape index (κ2) is 9.28. The van der Waals surface area contributed by atoms with Gasteiger partial charge in [-0.2, -0.15) is 9.40 Å². The van der Waals surface area contributed by atoms with Gasteiger partial charge in [0.15, 0.2) is 0 Å². The maximum Gasteiger partial charge on any atom is 0.256 e. The predicted molar refractivity (Wildman–Crippen MR) is 114 cm³/mol. The Morgan fingerprint density at radius 2 is 1.90 bits per heavy atom. The first-order valence-corrected chi connectivity index (χ1v) is 11.8. The van der Waals surface area contributed by atoms with Crippen LogP contribution in [0.15, 0.2) is 35.4 Å². The van der Waals surface area contributed by atoms with Crippen molar-refractivity contribution in [1.29, 1.82) is 0 Å². The van der Waals surface area contributed by atoms with Crippen LogP contribution in [-0.4, -0.2) is 41.5 Å². The zero-order valence-electron chi connectivity index (χ0n) is 16.8. The summed E-state index contributed by atoms with van der Waals surface area (Å²) in [4.78, 5) is 12.8. The van der Waals surface area contributed by atoms with Crippen molar-refractivity contribution in [3.8, 4) is 0 Å². The Morgan fingerprint density at radius 1 is 1.21 bits per heavy atom. The molecule has 1 aromatic heterocycles. The molecule has 0 spiro atoms. The molecule has 1 amide bonds. The summed E-state index contributed by atoms with van der Waals surface area (Å²) >= 11 is 6.22. The van der Waals surface area contributed by atoms with Crippen molar-refractivity contribution < 1.29 is 13.2 Å². The number of halogens is 1. The molecule has 2 heterocycles. The molecule has 3 rings (SSSR count). The Hall–Kier alpha value is -1.90. The Labute approximate surface area is 177 Å². The second-order valence-corrected chi connectivity index (χ2v) is 9.65. The largest absolute Gasteiger partial charge is 0.307 e. The van der Waals surface area contributed by atoms with Crippen LogP contribution in [0.1, 0.15) is 62.4 Å². The van der Waals surface area contributed by atoms with Gasteiger partial charge in [-0.1, -0.05) is 31.4 Å². The van der Waals surface area contributed by atoms with Gasteiger partial charge in [0, 0.05) is 24.7 Å². The highest BCUT2D eigenvalue weighted by Crippen LogP contribution is 2.28. The molecule has 0 aliphatic carbocycles. The monoisotopic (exact) mass is 438 g/mol. The lowest BCUT2D eigenvalue weighted by Gasteiger charge is -2.21. The van der Waals surface area contributed by atoms with Gasteiger partial charge in [0.25, 0.3) is 5.91 Å². The van der Waals surface area contributed by atoms with Gasteiger partial charge < -0.3 is 5.32 Å². The van der Waals surface area contributed by atoms with Crippen molar-refractivity contribution in [3.05, 3.63) is 41.0 Å². The van der Waals surface area contributed by atoms with Gasteiger partial charge in [0.05, 0.1) is 17.3 Å². The average molecular weight is 439 g/mol. The Bertz CT molecular complexity index is 966. The number of amides is 1. The van der Waals surface area contributed by atoms with Gasteiger partial charge in [-0.3, -0.25) is 4.79 Å². The maximum atomic E-state index is 13.1. The molecule has 0 bridgehead atoms. The third-order valence-electron chi connectivity index (χ3n) is 5.30. The number of hydrogen-bond acceptors (Lipinski definition) is 4. The molecule has 1 saturated heterocycles. The van der Waals surface area contributed by atoms with E-state index < -0.39 is 15.9 Å². The molecule has 2 aromatic rings. The van der Waals surface area contributed by atoms with Crippen LogP contribution in [0.3, 0.4) is 0 Å². The van der Waals surface area contributed by atoms with Gasteiger partial charge in [0.1, 0.15) is 10.7 Å². The van der Waals surface area contributed by atoms with Crippen molar-refractivity contribution in [2.24, 2.45) is 0 Å². The van der Waals surface area contributed by atoms with Crippen LogP contribution in [0.25, 0.3) is 0 Å². The first-order chi connectivity index (χ1) is 13.8. The van der Waals surface area contributed by atoms with Crippen LogP contribution in [0.4, 0.5) is 5.82 Å². The number of hydrogen-bond donors (Lipinski definition) is 1. The Morgan fingerprint density at radius 3 is 2.55 bits per heavy atom. The molecule has 1 fully saturated rings. The predicted octanol–water partition coefficient (Wildman–Crippen LogP) is 4.32. The molecule has 1 N–H and O–H groups in total. The normalized spacial score (nSPS) is 16.9. The third kappa shape index (κ3) is 4.82. The van der Waals surface area contributed by atoms with E-state index in [4.69, 9.17) is 11.6 Å². The fourth-order valence-electron chi connectivity index (χ4n) is 3.39. The highest BCUT2D eigenvalue weighted by Gasteiger charge is 2.28. The molecular formula is C20H27ClN4O3S. The quantitative estimate of drug-likeness (QED) is 0.727. The van der Waals surface area contributed by atoms with E-state index in [9.17, 15) is 13.2 Å². The lowest BCUT2D eigenvalue weighted by atomic mass is 10.2. The molecule has 7 nitrogen and oxygen atoms in total. The number of rotatable bonds is 6. The molecular weight excluding hydrogens is 412 g/mol. The minimum Gasteiger partial charge on any atom is -0.307 e. The third-order valence-corrected chi connectivity index (χ3v) is 7.68. The van der Waals surface area contributed by atoms with Crippen LogP contribution in [0.2, 0.25) is 5.02 Å². The van der Waals surface area contributed by atoms with Crippen LogP contribution in [0.5, 0.6) is 0 Å². The van der Waals surface area contributed by atoms with Gasteiger partial charge in [-0.25, -0.2) is 13.1 Å². The van der Waals surface area contributed by atoms with E-state index >= 15 is 0 Å². The molecule has 0 radical (unpaired) electrons. The van der Waals surface area contributed by atoms with Crippen LogP contribution in [-0.2, 0) is 10.0 Å². The Kier molecular flexibility index (Phi) is 6.97. The van der Waals surface area contributed by atoms with E-state index in [1.54, 1.807) is 16.9 Å². The average Bonchev–Trinajstić information content (AvgIpc) is 2.98. The molecule has 1 atom stereocenters. The molecule has 9 heteroatoms. The van der Waals surface area contributed by atoms with Crippen molar-refractivity contribution in [1.82, 2.24) is 14.1 Å². The van der Waals surface area contributed by atoms with Crippen LogP contribution >= 0.6 is 11.6 Å². The molecule has 29 heavy (non-hydrogen) atoms. The highest BCUT2D eigenvalue weighted by atomic mass is 35.5. The van der Waals surface area contributed by atoms with Gasteiger partial charge in [0.2, 0.25) is 10.0 Å². The van der Waals surface area contributed by atoms with Crippen molar-refractivity contribution in [3.63, 3.8) is 0 Å². The van der Waals surface area contributed by atoms with E-state index in [0.717, 1.165) is 32.1 Å². The molecule has 1 aliphatic rings. The number of anilines is 1. The number of sulfonamides is 1. The minimum atomic E-state index is -3.76. The lowest BCUT2D eigenvalue weighted by Crippen LogP contribution is -2.32. The number of benzene rings is 1. The van der Waals surface area contributed by atoms with E-state index in [2.05, 4.69) is 10.4 Å². The summed E-state index contributed by atoms with van der Waals surface area (Å²) in [5.41, 5.74) is 0.236. The summed E-state index contributed by atoms with van der Waals surface area (Å²) in [6, 6.07) is 6.21. The zero-order chi connectivity index (χ0) is 21.0. The lowest BCUT2D eigenvalue weighted by molar-refractivity contribution is 0.102. The molecule has 1 aromatic carbocycles. The van der Waals surface area contributed by atoms with Gasteiger partial charge in [-0.05, 0) is 44.4 Å². The van der Waals surface area contributed by atoms with E-state index in [-0.39, 0.29) is 21.5 Å². The maximum absolute atomic E-state index is 13.1. The Balaban J connectivity index is 1.87. The fraction of sp³-hybridized carbons (Fsp3) is 0.500. The molecule has 158 valence electrons. The van der Waals surface area contributed by atoms with E-state index in [1.807, 2.05) is 13.8 Å². The highest BCUT2D eigenvalue weighted by molar-refractivity contribution is 7.89. The molecule has 0 saturated carbocycles. The van der Waals surface area contributed by atoms with Crippen molar-refractivity contribution in [2.75, 3.05) is 18.4 Å². The first kappa shape index (κ1) is 21.8. The van der Waals surface area contributed by atoms with Crippen molar-refractivity contribution >= 4 is 33.3 Å². The zero-order valence-corrected chi connectivity index (χ0v) is 18.3. The molecule has 0 unspecified atom stereocenters. The number of nitrogens with zero attached hydrogens (tertiary/aromatic N) is 3. The number of carbonyl (C=O) groups is 1. The van der Waals surface area contributed by atoms with E-state index in [0.29, 0.717) is 18.9 Å². The standard InChI is InChI=1S/C20H27ClN4O3S/c1-3-15(2)25-19(10-11-22-25)23-20(26)16-8-9-17(21)18(14-16)29(27,28)24-12-6-4-5-7-13-24/h8-11,14-15H,3-7,12-13H2,1-2H3,(H,23,26)/t15-/m1/s1. The summed E-state index contributed by atoms with van der Waals surface area (Å²) in [7, 11) is -3.76. The van der Waals surface area contributed by atoms with Crippen LogP contribution < -0.4 is 5.32 Å². The SMILES string of the molecule is CC[C@@H](C)n1nccc1NC(=O)c1ccc(Cl)c(S(=O)(=O)N2CCCCCC2)c1. The molecule has 1 aliphatic heterocycles. The summed E-state index contributed by atoms with van der Waals surface area (Å²) in [6.45, 7) is 5.00. The smallest absolute Gasteiger partial charge is 0.256 e. The summed E-state index contributed by atoms with van der Waals surface area (Å²) in [5, 5.41) is 7.19. The topological polar surface area (TPSA) is 84.3 Å². The second-order valence-electron chi connectivity index (χ2n) is 7.34. The summed E-state index contributed by atoms with van der Waals surface area (Å²) in [6.07, 6.45) is 6.19. The van der Waals surface area contributed by atoms with E-state index in [1.165, 1.54) is 22.5 Å². The first-order valence-electron chi connectivity index (χ1n) is 9.99. The fourth-order valence-corrected chi connectivity index (χ4v) is 5.41. The summed E-state index contributed by atoms with van der Waals surface area (Å²) < 4.78 is 29.5. The minimum absolute atomic E-state index is 0.0239. The number of carbonyl (C=O) groups excluding carboxylic acids is 1. The number of aromatic nitrogens is 2. The van der Waals surface area contributed by atoms with Gasteiger partial charge >= 0.3 is 0 Å². The number of nitrogens with one attached hydrogen (secondary N) is 1. The summed E-state index contributed by atoms with van der Waals surface area (Å²) in [5.74, 6) is 0.162. The van der Waals surface area contributed by atoms with Gasteiger partial charge in [-0.15, -0.1) is 0 Å².